The molecular formula is C23H21NO5. The molecule has 1 N–H and O–H groups in total. The molecule has 6 nitrogen and oxygen atoms in total. The molecule has 148 valence electrons. The number of carbonyl (C=O) groups excluding carboxylic acids is 3. The van der Waals surface area contributed by atoms with Crippen LogP contribution >= 0.6 is 0 Å². The van der Waals surface area contributed by atoms with Gasteiger partial charge in [0.05, 0.1) is 12.7 Å². The van der Waals surface area contributed by atoms with Crippen molar-refractivity contribution in [3.63, 3.8) is 0 Å². The third-order valence-electron chi connectivity index (χ3n) is 4.45. The Kier molecular flexibility index (Phi) is 6.58. The number of hydrogen-bond donors (Lipinski definition) is 1. The minimum atomic E-state index is -0.869. The molecule has 3 aromatic carbocycles. The maximum absolute atomic E-state index is 12.4. The van der Waals surface area contributed by atoms with Crippen LogP contribution in [0.1, 0.15) is 15.9 Å². The summed E-state index contributed by atoms with van der Waals surface area (Å²) in [5.41, 5.74) is 1.25. The van der Waals surface area contributed by atoms with Crippen LogP contribution < -0.4 is 5.32 Å². The number of amides is 1. The maximum atomic E-state index is 12.4. The van der Waals surface area contributed by atoms with Crippen molar-refractivity contribution in [1.82, 2.24) is 5.32 Å². The van der Waals surface area contributed by atoms with Gasteiger partial charge in [-0.2, -0.15) is 0 Å². The molecule has 1 atom stereocenters. The van der Waals surface area contributed by atoms with E-state index in [1.54, 1.807) is 12.1 Å². The summed E-state index contributed by atoms with van der Waals surface area (Å²) in [4.78, 5) is 36.7. The summed E-state index contributed by atoms with van der Waals surface area (Å²) in [5.74, 6) is -1.75. The van der Waals surface area contributed by atoms with Crippen LogP contribution in [0.25, 0.3) is 10.8 Å². The van der Waals surface area contributed by atoms with Crippen molar-refractivity contribution in [3.05, 3.63) is 83.9 Å². The summed E-state index contributed by atoms with van der Waals surface area (Å²) < 4.78 is 9.93. The first-order chi connectivity index (χ1) is 14.1. The molecule has 0 aliphatic carbocycles. The molecule has 0 aliphatic heterocycles. The SMILES string of the molecule is COC(=O)[C@H](Cc1ccccc1)NC(=O)COC(=O)c1cccc2ccccc12. The lowest BCUT2D eigenvalue weighted by molar-refractivity contribution is -0.145. The van der Waals surface area contributed by atoms with Gasteiger partial charge in [0.2, 0.25) is 0 Å². The second-order valence-electron chi connectivity index (χ2n) is 6.44. The molecule has 3 rings (SSSR count). The van der Waals surface area contributed by atoms with Crippen molar-refractivity contribution >= 4 is 28.6 Å². The quantitative estimate of drug-likeness (QED) is 0.627. The Labute approximate surface area is 168 Å². The van der Waals surface area contributed by atoms with Crippen molar-refractivity contribution in [2.24, 2.45) is 0 Å². The highest BCUT2D eigenvalue weighted by Crippen LogP contribution is 2.19. The van der Waals surface area contributed by atoms with E-state index in [2.05, 4.69) is 5.32 Å². The first-order valence-electron chi connectivity index (χ1n) is 9.14. The zero-order valence-corrected chi connectivity index (χ0v) is 16.0. The molecule has 0 aliphatic rings. The highest BCUT2D eigenvalue weighted by molar-refractivity contribution is 6.05. The van der Waals surface area contributed by atoms with E-state index in [-0.39, 0.29) is 6.42 Å². The van der Waals surface area contributed by atoms with Crippen molar-refractivity contribution in [2.45, 2.75) is 12.5 Å². The Bertz CT molecular complexity index is 1010. The lowest BCUT2D eigenvalue weighted by Crippen LogP contribution is -2.44. The molecule has 0 heterocycles. The van der Waals surface area contributed by atoms with Crippen LogP contribution in [0, 0.1) is 0 Å². The van der Waals surface area contributed by atoms with Gasteiger partial charge in [0, 0.05) is 6.42 Å². The van der Waals surface area contributed by atoms with E-state index in [0.717, 1.165) is 16.3 Å². The summed E-state index contributed by atoms with van der Waals surface area (Å²) >= 11 is 0. The normalized spacial score (nSPS) is 11.5. The Balaban J connectivity index is 1.62. The van der Waals surface area contributed by atoms with E-state index in [1.807, 2.05) is 60.7 Å². The highest BCUT2D eigenvalue weighted by atomic mass is 16.5. The van der Waals surface area contributed by atoms with Crippen LogP contribution in [0.5, 0.6) is 0 Å². The van der Waals surface area contributed by atoms with Crippen LogP contribution in [-0.2, 0) is 25.5 Å². The topological polar surface area (TPSA) is 81.7 Å². The minimum absolute atomic E-state index is 0.274. The average Bonchev–Trinajstić information content (AvgIpc) is 2.76. The van der Waals surface area contributed by atoms with E-state index in [0.29, 0.717) is 5.56 Å². The smallest absolute Gasteiger partial charge is 0.339 e. The fraction of sp³-hybridized carbons (Fsp3) is 0.174. The molecule has 1 amide bonds. The molecule has 0 saturated carbocycles. The second kappa shape index (κ2) is 9.50. The summed E-state index contributed by atoms with van der Waals surface area (Å²) in [6.07, 6.45) is 0.274. The lowest BCUT2D eigenvalue weighted by Gasteiger charge is -2.16. The fourth-order valence-corrected chi connectivity index (χ4v) is 3.03. The standard InChI is InChI=1S/C23H21NO5/c1-28-23(27)20(14-16-8-3-2-4-9-16)24-21(25)15-29-22(26)19-13-7-11-17-10-5-6-12-18(17)19/h2-13,20H,14-15H2,1H3,(H,24,25)/t20-/m0/s1. The molecular weight excluding hydrogens is 370 g/mol. The fourth-order valence-electron chi connectivity index (χ4n) is 3.03. The molecule has 0 spiro atoms. The van der Waals surface area contributed by atoms with Gasteiger partial charge < -0.3 is 14.8 Å². The van der Waals surface area contributed by atoms with E-state index < -0.39 is 30.5 Å². The maximum Gasteiger partial charge on any atom is 0.339 e. The van der Waals surface area contributed by atoms with Gasteiger partial charge in [0.1, 0.15) is 6.04 Å². The summed E-state index contributed by atoms with van der Waals surface area (Å²) in [5, 5.41) is 4.22. The lowest BCUT2D eigenvalue weighted by atomic mass is 10.0. The molecule has 3 aromatic rings. The van der Waals surface area contributed by atoms with Crippen molar-refractivity contribution < 1.29 is 23.9 Å². The minimum Gasteiger partial charge on any atom is -0.467 e. The molecule has 0 fully saturated rings. The predicted octanol–water partition coefficient (Wildman–Crippen LogP) is 2.90. The molecule has 29 heavy (non-hydrogen) atoms. The second-order valence-corrected chi connectivity index (χ2v) is 6.44. The number of ether oxygens (including phenoxy) is 2. The van der Waals surface area contributed by atoms with Crippen molar-refractivity contribution in [1.29, 1.82) is 0 Å². The zero-order chi connectivity index (χ0) is 20.6. The van der Waals surface area contributed by atoms with Crippen LogP contribution in [-0.4, -0.2) is 37.6 Å². The van der Waals surface area contributed by atoms with Crippen LogP contribution in [0.4, 0.5) is 0 Å². The van der Waals surface area contributed by atoms with Gasteiger partial charge in [-0.25, -0.2) is 9.59 Å². The van der Waals surface area contributed by atoms with Gasteiger partial charge >= 0.3 is 11.9 Å². The molecule has 0 bridgehead atoms. The Morgan fingerprint density at radius 3 is 2.34 bits per heavy atom. The van der Waals surface area contributed by atoms with E-state index in [1.165, 1.54) is 7.11 Å². The number of rotatable bonds is 7. The molecule has 0 aromatic heterocycles. The average molecular weight is 391 g/mol. The summed E-state index contributed by atoms with van der Waals surface area (Å²) in [6, 6.07) is 21.1. The number of benzene rings is 3. The Morgan fingerprint density at radius 1 is 0.897 bits per heavy atom. The monoisotopic (exact) mass is 391 g/mol. The molecule has 6 heteroatoms. The molecule has 0 unspecified atom stereocenters. The Morgan fingerprint density at radius 2 is 1.59 bits per heavy atom. The van der Waals surface area contributed by atoms with Gasteiger partial charge in [0.15, 0.2) is 6.61 Å². The van der Waals surface area contributed by atoms with Gasteiger partial charge in [-0.1, -0.05) is 66.7 Å². The van der Waals surface area contributed by atoms with E-state index in [9.17, 15) is 14.4 Å². The highest BCUT2D eigenvalue weighted by Gasteiger charge is 2.23. The molecule has 0 saturated heterocycles. The van der Waals surface area contributed by atoms with E-state index >= 15 is 0 Å². The van der Waals surface area contributed by atoms with E-state index in [4.69, 9.17) is 9.47 Å². The Hall–Kier alpha value is -3.67. The van der Waals surface area contributed by atoms with Gasteiger partial charge in [-0.3, -0.25) is 4.79 Å². The summed E-state index contributed by atoms with van der Waals surface area (Å²) in [7, 11) is 1.26. The first-order valence-corrected chi connectivity index (χ1v) is 9.14. The number of nitrogens with one attached hydrogen (secondary N) is 1. The van der Waals surface area contributed by atoms with Gasteiger partial charge in [-0.05, 0) is 22.4 Å². The van der Waals surface area contributed by atoms with Crippen LogP contribution in [0.15, 0.2) is 72.8 Å². The number of carbonyl (C=O) groups is 3. The number of esters is 2. The van der Waals surface area contributed by atoms with Crippen molar-refractivity contribution in [2.75, 3.05) is 13.7 Å². The third kappa shape index (κ3) is 5.19. The molecule has 0 radical (unpaired) electrons. The van der Waals surface area contributed by atoms with Crippen molar-refractivity contribution in [3.8, 4) is 0 Å². The first kappa shape index (κ1) is 20.1. The number of hydrogen-bond acceptors (Lipinski definition) is 5. The zero-order valence-electron chi connectivity index (χ0n) is 16.0. The predicted molar refractivity (Wildman–Crippen MR) is 108 cm³/mol. The third-order valence-corrected chi connectivity index (χ3v) is 4.45. The number of fused-ring (bicyclic) bond motifs is 1. The van der Waals surface area contributed by atoms with Crippen LogP contribution in [0.2, 0.25) is 0 Å². The largest absolute Gasteiger partial charge is 0.467 e. The number of methoxy groups -OCH3 is 1. The van der Waals surface area contributed by atoms with Gasteiger partial charge in [-0.15, -0.1) is 0 Å². The van der Waals surface area contributed by atoms with Crippen LogP contribution in [0.3, 0.4) is 0 Å². The summed E-state index contributed by atoms with van der Waals surface area (Å²) in [6.45, 7) is -0.496. The van der Waals surface area contributed by atoms with Gasteiger partial charge in [0.25, 0.3) is 5.91 Å².